The number of aromatic nitrogens is 2. The van der Waals surface area contributed by atoms with Gasteiger partial charge in [-0.25, -0.2) is 4.68 Å². The number of thiophene rings is 1. The molecule has 1 amide bonds. The van der Waals surface area contributed by atoms with Crippen LogP contribution in [0.3, 0.4) is 0 Å². The van der Waals surface area contributed by atoms with Gasteiger partial charge in [-0.05, 0) is 79.1 Å². The zero-order valence-corrected chi connectivity index (χ0v) is 31.4. The van der Waals surface area contributed by atoms with Crippen LogP contribution in [0.1, 0.15) is 59.1 Å². The maximum Gasteiger partial charge on any atom is 0.272 e. The van der Waals surface area contributed by atoms with Gasteiger partial charge in [0.2, 0.25) is 6.10 Å². The van der Waals surface area contributed by atoms with E-state index in [4.69, 9.17) is 62.7 Å². The Morgan fingerprint density at radius 2 is 1.74 bits per heavy atom. The average molecular weight is 781 g/mol. The number of fused-ring (bicyclic) bond motifs is 1. The van der Waals surface area contributed by atoms with Gasteiger partial charge in [0.25, 0.3) is 5.91 Å². The maximum absolute atomic E-state index is 14.0. The van der Waals surface area contributed by atoms with Crippen molar-refractivity contribution in [2.45, 2.75) is 44.8 Å². The number of ether oxygens (including phenoxy) is 1. The number of nitrogens with zero attached hydrogens (tertiary/aromatic N) is 4. The number of amides is 1. The van der Waals surface area contributed by atoms with E-state index in [2.05, 4.69) is 25.0 Å². The molecule has 1 aliphatic heterocycles. The Hall–Kier alpha value is -3.74. The second-order valence-electron chi connectivity index (χ2n) is 12.7. The summed E-state index contributed by atoms with van der Waals surface area (Å²) in [5, 5.41) is 17.8. The summed E-state index contributed by atoms with van der Waals surface area (Å²) < 4.78 is 7.94. The van der Waals surface area contributed by atoms with E-state index in [-0.39, 0.29) is 16.3 Å². The number of anilines is 1. The molecule has 50 heavy (non-hydrogen) atoms. The van der Waals surface area contributed by atoms with Crippen LogP contribution in [0.15, 0.2) is 78.4 Å². The highest BCUT2D eigenvalue weighted by atomic mass is 35.5. The van der Waals surface area contributed by atoms with E-state index in [9.17, 15) is 10.1 Å². The van der Waals surface area contributed by atoms with Gasteiger partial charge in [0.05, 0.1) is 32.0 Å². The number of rotatable bonds is 7. The van der Waals surface area contributed by atoms with Gasteiger partial charge in [-0.2, -0.15) is 10.4 Å². The molecule has 0 spiro atoms. The fraction of sp³-hybridized carbons (Fsp3) is 0.184. The zero-order valence-electron chi connectivity index (χ0n) is 26.8. The van der Waals surface area contributed by atoms with E-state index in [1.165, 1.54) is 11.3 Å². The molecule has 5 aromatic rings. The summed E-state index contributed by atoms with van der Waals surface area (Å²) >= 11 is 33.5. The number of aryl methyl sites for hydroxylation is 1. The highest BCUT2D eigenvalue weighted by Gasteiger charge is 2.53. The van der Waals surface area contributed by atoms with Gasteiger partial charge < -0.3 is 4.74 Å². The lowest BCUT2D eigenvalue weighted by Crippen LogP contribution is -2.61. The van der Waals surface area contributed by atoms with Crippen LogP contribution in [-0.4, -0.2) is 21.8 Å². The minimum Gasteiger partial charge on any atom is -0.476 e. The molecule has 0 N–H and O–H groups in total. The van der Waals surface area contributed by atoms with Crippen molar-refractivity contribution in [3.63, 3.8) is 0 Å². The summed E-state index contributed by atoms with van der Waals surface area (Å²) in [5.74, 6) is -0.000101. The van der Waals surface area contributed by atoms with Crippen molar-refractivity contribution in [2.24, 2.45) is 0 Å². The Morgan fingerprint density at radius 1 is 0.980 bits per heavy atom. The Balaban J connectivity index is 1.27. The van der Waals surface area contributed by atoms with E-state index in [0.29, 0.717) is 48.5 Å². The van der Waals surface area contributed by atoms with Crippen molar-refractivity contribution in [1.82, 2.24) is 9.78 Å². The number of hydrogen-bond acceptors (Lipinski definition) is 5. The first-order valence-electron chi connectivity index (χ1n) is 15.5. The molecule has 0 bridgehead atoms. The van der Waals surface area contributed by atoms with Crippen LogP contribution in [0.25, 0.3) is 17.8 Å². The van der Waals surface area contributed by atoms with E-state index >= 15 is 0 Å². The van der Waals surface area contributed by atoms with E-state index in [0.717, 1.165) is 33.0 Å². The van der Waals surface area contributed by atoms with Crippen LogP contribution in [0.4, 0.5) is 5.00 Å². The Kier molecular flexibility index (Phi) is 9.32. The molecule has 2 aromatic heterocycles. The third kappa shape index (κ3) is 6.13. The van der Waals surface area contributed by atoms with Crippen LogP contribution in [0.2, 0.25) is 25.2 Å². The molecule has 6 nitrogen and oxygen atoms in total. The number of para-hydroxylation sites is 1. The van der Waals surface area contributed by atoms with Crippen LogP contribution in [0, 0.1) is 18.3 Å². The molecule has 2 atom stereocenters. The molecule has 12 heteroatoms. The Labute approximate surface area is 318 Å². The van der Waals surface area contributed by atoms with Crippen molar-refractivity contribution < 1.29 is 9.53 Å². The van der Waals surface area contributed by atoms with Gasteiger partial charge in [-0.3, -0.25) is 9.69 Å². The number of β-lactam (4-membered cyclic amide) rings is 1. The lowest BCUT2D eigenvalue weighted by molar-refractivity contribution is -0.134. The lowest BCUT2D eigenvalue weighted by atomic mass is 9.77. The number of benzene rings is 3. The molecule has 252 valence electrons. The summed E-state index contributed by atoms with van der Waals surface area (Å²) in [6, 6.07) is 21.5. The molecule has 3 heterocycles. The molecule has 0 radical (unpaired) electrons. The summed E-state index contributed by atoms with van der Waals surface area (Å²) in [4.78, 5) is 16.7. The monoisotopic (exact) mass is 778 g/mol. The highest BCUT2D eigenvalue weighted by Crippen LogP contribution is 2.53. The van der Waals surface area contributed by atoms with Gasteiger partial charge in [0.15, 0.2) is 0 Å². The van der Waals surface area contributed by atoms with Crippen molar-refractivity contribution in [3.8, 4) is 17.5 Å². The second-order valence-corrected chi connectivity index (χ2v) is 15.7. The fourth-order valence-electron chi connectivity index (χ4n) is 6.45. The normalized spacial score (nSPS) is 18.1. The fourth-order valence-corrected chi connectivity index (χ4v) is 8.91. The number of hydrogen-bond donors (Lipinski definition) is 0. The van der Waals surface area contributed by atoms with Crippen LogP contribution >= 0.6 is 69.3 Å². The smallest absolute Gasteiger partial charge is 0.272 e. The van der Waals surface area contributed by atoms with Crippen molar-refractivity contribution in [2.75, 3.05) is 4.90 Å². The Morgan fingerprint density at radius 3 is 2.44 bits per heavy atom. The van der Waals surface area contributed by atoms with Gasteiger partial charge in [0.1, 0.15) is 28.0 Å². The highest BCUT2D eigenvalue weighted by molar-refractivity contribution is 7.17. The molecule has 0 saturated carbocycles. The van der Waals surface area contributed by atoms with Crippen LogP contribution < -0.4 is 9.64 Å². The minimum atomic E-state index is -0.941. The van der Waals surface area contributed by atoms with Crippen molar-refractivity contribution in [3.05, 3.63) is 136 Å². The summed E-state index contributed by atoms with van der Waals surface area (Å²) in [6.45, 7) is 6.21. The predicted octanol–water partition coefficient (Wildman–Crippen LogP) is 11.7. The zero-order chi connectivity index (χ0) is 35.5. The molecular formula is C38H27Cl5N4O2S. The SMILES string of the molecule is Cc1nn(-c2ccccc2)c(Cl)c1/C=C/C1=Cc2c(sc(N3C(=O)[C@@H](Oc4ccc(Cl)cc4Cl)[C@H]3c3ccc(Cl)c(Cl)c3)c2C#N)C(C)(C)C1. The maximum atomic E-state index is 14.0. The topological polar surface area (TPSA) is 71.2 Å². The molecule has 2 aliphatic rings. The third-order valence-corrected chi connectivity index (χ3v) is 12.0. The standard InChI is InChI=1S/C38H27Cl5N4O2S/c1-20-25(35(43)47(45-20)24-7-5-4-6-8-24)12-9-21-15-26-27(19-44)37(50-34(26)38(2,3)18-21)46-32(22-10-13-28(40)29(41)16-22)33(36(46)48)49-31-14-11-23(39)17-30(31)42/h4-17,32-33H,18H2,1-3H3/b12-9+/t32-,33+/m1/s1. The molecule has 1 saturated heterocycles. The largest absolute Gasteiger partial charge is 0.476 e. The van der Waals surface area contributed by atoms with E-state index in [1.54, 1.807) is 46.0 Å². The Bertz CT molecular complexity index is 2290. The van der Waals surface area contributed by atoms with Crippen LogP contribution in [0.5, 0.6) is 5.75 Å². The molecule has 1 fully saturated rings. The number of allylic oxidation sites excluding steroid dienone is 2. The predicted molar refractivity (Wildman–Crippen MR) is 205 cm³/mol. The van der Waals surface area contributed by atoms with Gasteiger partial charge >= 0.3 is 0 Å². The van der Waals surface area contributed by atoms with Gasteiger partial charge in [-0.1, -0.05) is 102 Å². The van der Waals surface area contributed by atoms with Gasteiger partial charge in [-0.15, -0.1) is 11.3 Å². The summed E-state index contributed by atoms with van der Waals surface area (Å²) in [6.07, 6.45) is 5.79. The molecule has 7 rings (SSSR count). The molecular weight excluding hydrogens is 754 g/mol. The van der Waals surface area contributed by atoms with Crippen LogP contribution in [-0.2, 0) is 10.2 Å². The average Bonchev–Trinajstić information content (AvgIpc) is 3.59. The summed E-state index contributed by atoms with van der Waals surface area (Å²) in [7, 11) is 0. The first-order valence-corrected chi connectivity index (χ1v) is 18.2. The molecule has 1 aliphatic carbocycles. The first-order chi connectivity index (χ1) is 23.9. The number of halogens is 5. The number of carbonyl (C=O) groups excluding carboxylic acids is 1. The first kappa shape index (κ1) is 34.7. The molecule has 3 aromatic carbocycles. The third-order valence-electron chi connectivity index (χ3n) is 8.84. The quantitative estimate of drug-likeness (QED) is 0.154. The van der Waals surface area contributed by atoms with Gasteiger partial charge in [0, 0.05) is 26.4 Å². The number of carbonyl (C=O) groups is 1. The summed E-state index contributed by atoms with van der Waals surface area (Å²) in [5.41, 5.74) is 5.05. The van der Waals surface area contributed by atoms with E-state index < -0.39 is 12.1 Å². The second kappa shape index (κ2) is 13.4. The lowest BCUT2D eigenvalue weighted by Gasteiger charge is -2.46. The van der Waals surface area contributed by atoms with Crippen molar-refractivity contribution in [1.29, 1.82) is 5.26 Å². The number of nitriles is 1. The molecule has 0 unspecified atom stereocenters. The minimum absolute atomic E-state index is 0.275. The van der Waals surface area contributed by atoms with Crippen molar-refractivity contribution >= 4 is 92.4 Å². The van der Waals surface area contributed by atoms with E-state index in [1.807, 2.05) is 55.5 Å².